The van der Waals surface area contributed by atoms with Crippen molar-refractivity contribution in [3.8, 4) is 0 Å². The Hall–Kier alpha value is -1.15. The van der Waals surface area contributed by atoms with Gasteiger partial charge in [0.05, 0.1) is 17.6 Å². The molecule has 1 atom stereocenters. The first-order chi connectivity index (χ1) is 10.2. The number of aromatic nitrogens is 2. The quantitative estimate of drug-likeness (QED) is 0.793. The van der Waals surface area contributed by atoms with Gasteiger partial charge in [0.25, 0.3) is 5.91 Å². The Labute approximate surface area is 132 Å². The molecule has 21 heavy (non-hydrogen) atoms. The minimum absolute atomic E-state index is 0.0949. The highest BCUT2D eigenvalue weighted by Crippen LogP contribution is 2.25. The van der Waals surface area contributed by atoms with Crippen LogP contribution in [0.5, 0.6) is 0 Å². The second kappa shape index (κ2) is 6.31. The minimum atomic E-state index is -0.328. The average Bonchev–Trinajstić information content (AvgIpc) is 3.15. The molecule has 2 saturated heterocycles. The van der Waals surface area contributed by atoms with Gasteiger partial charge >= 0.3 is 0 Å². The Morgan fingerprint density at radius 1 is 1.29 bits per heavy atom. The largest absolute Gasteiger partial charge is 0.339 e. The zero-order chi connectivity index (χ0) is 14.8. The third kappa shape index (κ3) is 3.06. The topological polar surface area (TPSA) is 58.4 Å². The number of rotatable bonds is 2. The fourth-order valence-electron chi connectivity index (χ4n) is 2.54. The van der Waals surface area contributed by atoms with E-state index in [1.54, 1.807) is 40.8 Å². The van der Waals surface area contributed by atoms with Gasteiger partial charge in [-0.2, -0.15) is 16.9 Å². The molecule has 0 bridgehead atoms. The Balaban J connectivity index is 1.72. The molecule has 0 saturated carbocycles. The number of thioether (sulfide) groups is 2. The van der Waals surface area contributed by atoms with Crippen molar-refractivity contribution >= 4 is 35.3 Å². The molecule has 3 heterocycles. The third-order valence-electron chi connectivity index (χ3n) is 3.70. The van der Waals surface area contributed by atoms with Crippen molar-refractivity contribution in [2.75, 3.05) is 36.2 Å². The molecule has 0 radical (unpaired) electrons. The van der Waals surface area contributed by atoms with Crippen LogP contribution < -0.4 is 0 Å². The van der Waals surface area contributed by atoms with Crippen molar-refractivity contribution in [3.05, 3.63) is 18.0 Å². The van der Waals surface area contributed by atoms with Crippen LogP contribution in [0, 0.1) is 0 Å². The zero-order valence-corrected chi connectivity index (χ0v) is 13.5. The van der Waals surface area contributed by atoms with Gasteiger partial charge in [-0.05, 0) is 0 Å². The van der Waals surface area contributed by atoms with Gasteiger partial charge in [-0.25, -0.2) is 0 Å². The summed E-state index contributed by atoms with van der Waals surface area (Å²) in [6.07, 6.45) is 3.26. The fraction of sp³-hybridized carbons (Fsp3) is 0.615. The van der Waals surface area contributed by atoms with Gasteiger partial charge in [-0.3, -0.25) is 14.3 Å². The minimum Gasteiger partial charge on any atom is -0.339 e. The Morgan fingerprint density at radius 3 is 2.71 bits per heavy atom. The normalized spacial score (nSPS) is 22.6. The molecule has 2 aliphatic rings. The van der Waals surface area contributed by atoms with E-state index in [4.69, 9.17) is 0 Å². The van der Waals surface area contributed by atoms with Gasteiger partial charge in [0.2, 0.25) is 5.91 Å². The first-order valence-corrected chi connectivity index (χ1v) is 9.21. The smallest absolute Gasteiger partial charge is 0.258 e. The van der Waals surface area contributed by atoms with Crippen LogP contribution in [0.4, 0.5) is 0 Å². The lowest BCUT2D eigenvalue weighted by Gasteiger charge is -2.31. The summed E-state index contributed by atoms with van der Waals surface area (Å²) < 4.78 is 1.61. The SMILES string of the molecule is Cn1cc(C(=O)N2CSCC2C(=O)N2CCSCC2)cn1. The maximum absolute atomic E-state index is 12.6. The third-order valence-corrected chi connectivity index (χ3v) is 5.66. The number of carbonyl (C=O) groups excluding carboxylic acids is 2. The lowest BCUT2D eigenvalue weighted by atomic mass is 10.2. The molecule has 2 fully saturated rings. The number of carbonyl (C=O) groups is 2. The van der Waals surface area contributed by atoms with Crippen LogP contribution in [0.1, 0.15) is 10.4 Å². The van der Waals surface area contributed by atoms with E-state index in [1.165, 1.54) is 0 Å². The summed E-state index contributed by atoms with van der Waals surface area (Å²) >= 11 is 3.51. The fourth-order valence-corrected chi connectivity index (χ4v) is 4.59. The second-order valence-electron chi connectivity index (χ2n) is 5.13. The first-order valence-electron chi connectivity index (χ1n) is 6.90. The molecule has 1 aromatic rings. The lowest BCUT2D eigenvalue weighted by molar-refractivity contribution is -0.134. The molecule has 0 N–H and O–H groups in total. The molecule has 3 rings (SSSR count). The van der Waals surface area contributed by atoms with E-state index in [2.05, 4.69) is 5.10 Å². The highest BCUT2D eigenvalue weighted by atomic mass is 32.2. The number of nitrogens with zero attached hydrogens (tertiary/aromatic N) is 4. The van der Waals surface area contributed by atoms with Crippen molar-refractivity contribution in [2.24, 2.45) is 7.05 Å². The summed E-state index contributed by atoms with van der Waals surface area (Å²) in [5, 5.41) is 4.03. The highest BCUT2D eigenvalue weighted by molar-refractivity contribution is 7.99. The van der Waals surface area contributed by atoms with Gasteiger partial charge in [0, 0.05) is 43.6 Å². The van der Waals surface area contributed by atoms with E-state index in [-0.39, 0.29) is 17.9 Å². The van der Waals surface area contributed by atoms with E-state index >= 15 is 0 Å². The monoisotopic (exact) mass is 326 g/mol. The standard InChI is InChI=1S/C13H18N4O2S2/c1-15-7-10(6-14-15)12(18)17-9-21-8-11(17)13(19)16-2-4-20-5-3-16/h6-7,11H,2-5,8-9H2,1H3. The van der Waals surface area contributed by atoms with E-state index in [0.29, 0.717) is 17.2 Å². The highest BCUT2D eigenvalue weighted by Gasteiger charge is 2.38. The van der Waals surface area contributed by atoms with Crippen LogP contribution >= 0.6 is 23.5 Å². The maximum Gasteiger partial charge on any atom is 0.258 e. The molecule has 0 spiro atoms. The first kappa shape index (κ1) is 14.8. The molecule has 2 aliphatic heterocycles. The molecule has 1 unspecified atom stereocenters. The Bertz CT molecular complexity index is 542. The number of aryl methyl sites for hydroxylation is 1. The van der Waals surface area contributed by atoms with Crippen LogP contribution in [0.3, 0.4) is 0 Å². The molecular formula is C13H18N4O2S2. The van der Waals surface area contributed by atoms with Crippen molar-refractivity contribution in [1.29, 1.82) is 0 Å². The molecule has 0 aromatic carbocycles. The molecule has 2 amide bonds. The molecule has 6 nitrogen and oxygen atoms in total. The van der Waals surface area contributed by atoms with Gasteiger partial charge in [0.1, 0.15) is 6.04 Å². The van der Waals surface area contributed by atoms with Crippen molar-refractivity contribution in [2.45, 2.75) is 6.04 Å². The molecular weight excluding hydrogens is 308 g/mol. The molecule has 1 aromatic heterocycles. The van der Waals surface area contributed by atoms with Crippen LogP contribution in [0.2, 0.25) is 0 Å². The van der Waals surface area contributed by atoms with Crippen LogP contribution in [0.25, 0.3) is 0 Å². The van der Waals surface area contributed by atoms with Gasteiger partial charge < -0.3 is 9.80 Å². The van der Waals surface area contributed by atoms with Crippen molar-refractivity contribution in [3.63, 3.8) is 0 Å². The molecule has 8 heteroatoms. The lowest BCUT2D eigenvalue weighted by Crippen LogP contribution is -2.51. The summed E-state index contributed by atoms with van der Waals surface area (Å²) in [7, 11) is 1.78. The maximum atomic E-state index is 12.6. The van der Waals surface area contributed by atoms with E-state index in [0.717, 1.165) is 24.6 Å². The van der Waals surface area contributed by atoms with Crippen molar-refractivity contribution in [1.82, 2.24) is 19.6 Å². The van der Waals surface area contributed by atoms with Crippen LogP contribution in [0.15, 0.2) is 12.4 Å². The summed E-state index contributed by atoms with van der Waals surface area (Å²) in [4.78, 5) is 28.8. The van der Waals surface area contributed by atoms with Gasteiger partial charge in [-0.15, -0.1) is 11.8 Å². The summed E-state index contributed by atoms with van der Waals surface area (Å²) in [6, 6.07) is -0.328. The number of hydrogen-bond donors (Lipinski definition) is 0. The second-order valence-corrected chi connectivity index (χ2v) is 7.36. The van der Waals surface area contributed by atoms with Crippen molar-refractivity contribution < 1.29 is 9.59 Å². The molecule has 0 aliphatic carbocycles. The van der Waals surface area contributed by atoms with E-state index in [1.807, 2.05) is 16.7 Å². The Kier molecular flexibility index (Phi) is 4.44. The average molecular weight is 326 g/mol. The van der Waals surface area contributed by atoms with E-state index < -0.39 is 0 Å². The Morgan fingerprint density at radius 2 is 2.05 bits per heavy atom. The van der Waals surface area contributed by atoms with Crippen LogP contribution in [-0.2, 0) is 11.8 Å². The number of amides is 2. The summed E-state index contributed by atoms with van der Waals surface area (Å²) in [6.45, 7) is 1.58. The zero-order valence-electron chi connectivity index (χ0n) is 11.9. The van der Waals surface area contributed by atoms with E-state index in [9.17, 15) is 9.59 Å². The summed E-state index contributed by atoms with van der Waals surface area (Å²) in [5.41, 5.74) is 0.548. The van der Waals surface area contributed by atoms with Gasteiger partial charge in [0.15, 0.2) is 0 Å². The predicted molar refractivity (Wildman–Crippen MR) is 84.4 cm³/mol. The van der Waals surface area contributed by atoms with Gasteiger partial charge in [-0.1, -0.05) is 0 Å². The predicted octanol–water partition coefficient (Wildman–Crippen LogP) is 0.511. The molecule has 114 valence electrons. The summed E-state index contributed by atoms with van der Waals surface area (Å²) in [5.74, 6) is 3.24. The van der Waals surface area contributed by atoms with Crippen LogP contribution in [-0.4, -0.2) is 73.7 Å². The number of hydrogen-bond acceptors (Lipinski definition) is 5.